The van der Waals surface area contributed by atoms with Gasteiger partial charge in [0.25, 0.3) is 5.91 Å². The van der Waals surface area contributed by atoms with E-state index in [-0.39, 0.29) is 11.7 Å². The van der Waals surface area contributed by atoms with Gasteiger partial charge in [-0.05, 0) is 74.8 Å². The molecule has 4 heterocycles. The molecule has 0 radical (unpaired) electrons. The third-order valence-corrected chi connectivity index (χ3v) is 9.58. The van der Waals surface area contributed by atoms with Gasteiger partial charge in [-0.15, -0.1) is 0 Å². The number of aliphatic carboxylic acids is 1. The number of halogens is 1. The quantitative estimate of drug-likeness (QED) is 0.187. The number of aromatic nitrogens is 3. The Morgan fingerprint density at radius 2 is 1.91 bits per heavy atom. The van der Waals surface area contributed by atoms with Crippen LogP contribution in [0.3, 0.4) is 0 Å². The standard InChI is InChI=1S/C35H32ClN7O4/c1-19-22(24-8-5-9-25(29(24)36)40-32(44)31-38-27-16-42(3)17-28(27)39-31)6-4-7-23(19)33-41-26-13-20(12-21(14-37)30(26)47-33)15-43-11-10-35(2,18-43)34(45)46/h4-9,12-13H,10-11,15-18H2,1-3H3,(H,38,39)(H,40,44)(H,45,46)/t35-/m1/s1. The highest BCUT2D eigenvalue weighted by atomic mass is 35.5. The van der Waals surface area contributed by atoms with Gasteiger partial charge in [0.2, 0.25) is 5.89 Å². The second-order valence-corrected chi connectivity index (χ2v) is 13.1. The van der Waals surface area contributed by atoms with E-state index in [4.69, 9.17) is 21.0 Å². The number of nitrogens with one attached hydrogen (secondary N) is 2. The molecule has 7 rings (SSSR count). The maximum absolute atomic E-state index is 13.1. The Kier molecular flexibility index (Phi) is 7.59. The Morgan fingerprint density at radius 3 is 2.66 bits per heavy atom. The van der Waals surface area contributed by atoms with Crippen LogP contribution in [0.5, 0.6) is 0 Å². The summed E-state index contributed by atoms with van der Waals surface area (Å²) in [4.78, 5) is 41.4. The first-order chi connectivity index (χ1) is 22.5. The number of rotatable bonds is 7. The smallest absolute Gasteiger partial charge is 0.310 e. The molecule has 11 nitrogen and oxygen atoms in total. The number of benzene rings is 3. The van der Waals surface area contributed by atoms with Crippen molar-refractivity contribution in [2.45, 2.75) is 39.9 Å². The van der Waals surface area contributed by atoms with Crippen LogP contribution in [-0.2, 0) is 24.4 Å². The van der Waals surface area contributed by atoms with E-state index in [2.05, 4.69) is 31.2 Å². The van der Waals surface area contributed by atoms with Gasteiger partial charge in [-0.25, -0.2) is 9.97 Å². The summed E-state index contributed by atoms with van der Waals surface area (Å²) in [5, 5.41) is 22.9. The maximum atomic E-state index is 13.1. The van der Waals surface area contributed by atoms with Crippen molar-refractivity contribution in [2.24, 2.45) is 5.41 Å². The van der Waals surface area contributed by atoms with Gasteiger partial charge in [-0.2, -0.15) is 5.26 Å². The molecule has 3 N–H and O–H groups in total. The van der Waals surface area contributed by atoms with E-state index in [0.717, 1.165) is 39.2 Å². The minimum atomic E-state index is -0.797. The lowest BCUT2D eigenvalue weighted by atomic mass is 9.90. The van der Waals surface area contributed by atoms with Crippen molar-refractivity contribution in [1.29, 1.82) is 5.26 Å². The first-order valence-electron chi connectivity index (χ1n) is 15.3. The molecule has 238 valence electrons. The number of carbonyl (C=O) groups excluding carboxylic acids is 1. The lowest BCUT2D eigenvalue weighted by Crippen LogP contribution is -2.31. The molecule has 1 amide bonds. The van der Waals surface area contributed by atoms with E-state index < -0.39 is 11.4 Å². The van der Waals surface area contributed by atoms with E-state index in [1.165, 1.54) is 0 Å². The lowest BCUT2D eigenvalue weighted by molar-refractivity contribution is -0.147. The number of hydrogen-bond acceptors (Lipinski definition) is 8. The van der Waals surface area contributed by atoms with E-state index in [0.29, 0.717) is 72.4 Å². The molecule has 5 aromatic rings. The van der Waals surface area contributed by atoms with Crippen molar-refractivity contribution in [1.82, 2.24) is 24.8 Å². The number of carbonyl (C=O) groups is 2. The van der Waals surface area contributed by atoms with Gasteiger partial charge in [0.05, 0.1) is 33.1 Å². The summed E-state index contributed by atoms with van der Waals surface area (Å²) in [5.74, 6) is -0.552. The summed E-state index contributed by atoms with van der Waals surface area (Å²) in [5.41, 5.74) is 6.83. The Hall–Kier alpha value is -5.02. The average molecular weight is 650 g/mol. The average Bonchev–Trinajstić information content (AvgIpc) is 3.81. The first kappa shape index (κ1) is 30.6. The van der Waals surface area contributed by atoms with Crippen LogP contribution in [0.1, 0.15) is 52.0 Å². The molecule has 2 aromatic heterocycles. The number of carboxylic acid groups (broad SMARTS) is 1. The number of oxazole rings is 1. The van der Waals surface area contributed by atoms with Gasteiger partial charge >= 0.3 is 5.97 Å². The summed E-state index contributed by atoms with van der Waals surface area (Å²) in [7, 11) is 2.00. The number of fused-ring (bicyclic) bond motifs is 2. The van der Waals surface area contributed by atoms with E-state index >= 15 is 0 Å². The predicted octanol–water partition coefficient (Wildman–Crippen LogP) is 6.21. The van der Waals surface area contributed by atoms with Crippen LogP contribution in [0, 0.1) is 23.7 Å². The zero-order valence-corrected chi connectivity index (χ0v) is 26.9. The zero-order chi connectivity index (χ0) is 33.0. The number of amides is 1. The Bertz CT molecular complexity index is 2110. The zero-order valence-electron chi connectivity index (χ0n) is 26.1. The molecule has 1 atom stereocenters. The summed E-state index contributed by atoms with van der Waals surface area (Å²) < 4.78 is 6.20. The molecule has 0 saturated carbocycles. The van der Waals surface area contributed by atoms with Gasteiger partial charge < -0.3 is 19.8 Å². The Labute approximate surface area is 275 Å². The summed E-state index contributed by atoms with van der Waals surface area (Å²) in [6.07, 6.45) is 0.572. The van der Waals surface area contributed by atoms with Crippen LogP contribution in [0.25, 0.3) is 33.7 Å². The van der Waals surface area contributed by atoms with E-state index in [9.17, 15) is 20.0 Å². The van der Waals surface area contributed by atoms with Gasteiger partial charge in [0.1, 0.15) is 11.6 Å². The number of H-pyrrole nitrogens is 1. The van der Waals surface area contributed by atoms with Crippen molar-refractivity contribution in [3.05, 3.63) is 87.5 Å². The van der Waals surface area contributed by atoms with Crippen LogP contribution >= 0.6 is 11.6 Å². The van der Waals surface area contributed by atoms with Crippen LogP contribution < -0.4 is 5.32 Å². The van der Waals surface area contributed by atoms with Crippen LogP contribution in [-0.4, -0.2) is 61.9 Å². The van der Waals surface area contributed by atoms with Crippen molar-refractivity contribution in [3.63, 3.8) is 0 Å². The molecule has 1 fully saturated rings. The molecule has 2 aliphatic rings. The molecule has 0 unspecified atom stereocenters. The molecule has 0 aliphatic carbocycles. The number of nitrogens with zero attached hydrogens (tertiary/aromatic N) is 5. The third kappa shape index (κ3) is 5.54. The highest BCUT2D eigenvalue weighted by Crippen LogP contribution is 2.39. The van der Waals surface area contributed by atoms with E-state index in [1.54, 1.807) is 19.1 Å². The second-order valence-electron chi connectivity index (χ2n) is 12.7. The minimum absolute atomic E-state index is 0.248. The van der Waals surface area contributed by atoms with Gasteiger partial charge in [0, 0.05) is 37.3 Å². The Balaban J connectivity index is 1.17. The number of imidazole rings is 1. The topological polar surface area (TPSA) is 151 Å². The fraction of sp³-hybridized carbons (Fsp3) is 0.286. The number of anilines is 1. The SMILES string of the molecule is Cc1c(-c2nc3cc(CN4CC[C@@](C)(C(=O)O)C4)cc(C#N)c3o2)cccc1-c1cccc(NC(=O)c2nc3c([nH]2)CN(C)C3)c1Cl. The molecule has 47 heavy (non-hydrogen) atoms. The number of hydrogen-bond donors (Lipinski definition) is 3. The highest BCUT2D eigenvalue weighted by Gasteiger charge is 2.40. The third-order valence-electron chi connectivity index (χ3n) is 9.17. The predicted molar refractivity (Wildman–Crippen MR) is 177 cm³/mol. The van der Waals surface area contributed by atoms with Crippen molar-refractivity contribution < 1.29 is 19.1 Å². The van der Waals surface area contributed by atoms with E-state index in [1.807, 2.05) is 50.4 Å². The van der Waals surface area contributed by atoms with Crippen molar-refractivity contribution >= 4 is 40.3 Å². The molecule has 0 bridgehead atoms. The van der Waals surface area contributed by atoms with Gasteiger partial charge in [-0.1, -0.05) is 35.9 Å². The maximum Gasteiger partial charge on any atom is 0.310 e. The number of aromatic amines is 1. The fourth-order valence-corrected chi connectivity index (χ4v) is 6.85. The van der Waals surface area contributed by atoms with Crippen LogP contribution in [0.2, 0.25) is 5.02 Å². The second kappa shape index (κ2) is 11.7. The first-order valence-corrected chi connectivity index (χ1v) is 15.7. The highest BCUT2D eigenvalue weighted by molar-refractivity contribution is 6.36. The lowest BCUT2D eigenvalue weighted by Gasteiger charge is -2.20. The molecule has 0 spiro atoms. The van der Waals surface area contributed by atoms with Gasteiger partial charge in [-0.3, -0.25) is 19.4 Å². The summed E-state index contributed by atoms with van der Waals surface area (Å²) >= 11 is 6.90. The summed E-state index contributed by atoms with van der Waals surface area (Å²) in [6.45, 7) is 6.73. The Morgan fingerprint density at radius 1 is 1.15 bits per heavy atom. The van der Waals surface area contributed by atoms with Gasteiger partial charge in [0.15, 0.2) is 11.4 Å². The van der Waals surface area contributed by atoms with Crippen molar-refractivity contribution in [2.75, 3.05) is 25.5 Å². The van der Waals surface area contributed by atoms with Crippen molar-refractivity contribution in [3.8, 4) is 28.7 Å². The molecule has 12 heteroatoms. The fourth-order valence-electron chi connectivity index (χ4n) is 6.58. The monoisotopic (exact) mass is 649 g/mol. The molecular weight excluding hydrogens is 618 g/mol. The minimum Gasteiger partial charge on any atom is -0.481 e. The van der Waals surface area contributed by atoms with Crippen LogP contribution in [0.15, 0.2) is 52.9 Å². The molecule has 3 aromatic carbocycles. The number of nitriles is 1. The molecule has 1 saturated heterocycles. The van der Waals surface area contributed by atoms with Crippen LogP contribution in [0.4, 0.5) is 5.69 Å². The number of likely N-dealkylation sites (tertiary alicyclic amines) is 1. The molecular formula is C35H32ClN7O4. The molecule has 2 aliphatic heterocycles. The number of carboxylic acids is 1. The summed E-state index contributed by atoms with van der Waals surface area (Å²) in [6, 6.07) is 17.1. The largest absolute Gasteiger partial charge is 0.481 e. The normalized spacial score (nSPS) is 18.0.